The molecule has 2 heterocycles. The van der Waals surface area contributed by atoms with Crippen molar-refractivity contribution < 1.29 is 18.0 Å². The number of amides is 1. The Kier molecular flexibility index (Phi) is 5.07. The van der Waals surface area contributed by atoms with Crippen LogP contribution in [0.1, 0.15) is 47.1 Å². The van der Waals surface area contributed by atoms with Gasteiger partial charge in [-0.25, -0.2) is 0 Å². The summed E-state index contributed by atoms with van der Waals surface area (Å²) in [5.41, 5.74) is 0.264. The predicted octanol–water partition coefficient (Wildman–Crippen LogP) is 2.94. The van der Waals surface area contributed by atoms with Crippen LogP contribution in [0.5, 0.6) is 0 Å². The number of halogens is 4. The molecule has 25 heavy (non-hydrogen) atoms. The minimum absolute atomic E-state index is 0.175. The van der Waals surface area contributed by atoms with Gasteiger partial charge >= 0.3 is 6.18 Å². The van der Waals surface area contributed by atoms with Crippen LogP contribution in [0.15, 0.2) is 12.3 Å². The molecule has 2 aromatic heterocycles. The Morgan fingerprint density at radius 1 is 1.44 bits per heavy atom. The van der Waals surface area contributed by atoms with Gasteiger partial charge in [0.1, 0.15) is 5.69 Å². The molecular formula is C15H17F3IN5O. The minimum atomic E-state index is -4.43. The molecule has 3 rings (SSSR count). The van der Waals surface area contributed by atoms with Gasteiger partial charge in [0.05, 0.1) is 9.77 Å². The van der Waals surface area contributed by atoms with E-state index in [4.69, 9.17) is 0 Å². The van der Waals surface area contributed by atoms with Gasteiger partial charge in [-0.2, -0.15) is 23.4 Å². The molecular weight excluding hydrogens is 450 g/mol. The van der Waals surface area contributed by atoms with E-state index < -0.39 is 11.9 Å². The number of nitrogens with zero attached hydrogens (tertiary/aromatic N) is 4. The largest absolute Gasteiger partial charge is 0.435 e. The van der Waals surface area contributed by atoms with Crippen LogP contribution in [0.2, 0.25) is 0 Å². The molecule has 1 fully saturated rings. The minimum Gasteiger partial charge on any atom is -0.351 e. The average molecular weight is 467 g/mol. The van der Waals surface area contributed by atoms with Crippen LogP contribution in [0.3, 0.4) is 0 Å². The smallest absolute Gasteiger partial charge is 0.351 e. The summed E-state index contributed by atoms with van der Waals surface area (Å²) in [6, 6.07) is 1.15. The fraction of sp³-hybridized carbons (Fsp3) is 0.533. The second kappa shape index (κ2) is 6.96. The molecule has 136 valence electrons. The summed E-state index contributed by atoms with van der Waals surface area (Å²) in [6.07, 6.45) is -0.532. The summed E-state index contributed by atoms with van der Waals surface area (Å²) in [6.45, 7) is 0.691. The lowest BCUT2D eigenvalue weighted by molar-refractivity contribution is -0.141. The monoisotopic (exact) mass is 467 g/mol. The molecule has 0 spiro atoms. The van der Waals surface area contributed by atoms with Gasteiger partial charge in [-0.3, -0.25) is 14.2 Å². The topological polar surface area (TPSA) is 64.7 Å². The number of nitrogens with one attached hydrogen (secondary N) is 1. The Hall–Kier alpha value is -1.59. The zero-order valence-corrected chi connectivity index (χ0v) is 15.6. The first kappa shape index (κ1) is 18.2. The van der Waals surface area contributed by atoms with Crippen molar-refractivity contribution in [2.45, 2.75) is 37.9 Å². The standard InChI is InChI=1S/C15H17F3IN5O/c1-23-13(10(19)8-21-23)14(25)20-5-2-6-24-11(9-3-4-9)7-12(22-24)15(16,17)18/h7-9H,2-6H2,1H3,(H,20,25). The third-order valence-electron chi connectivity index (χ3n) is 4.04. The van der Waals surface area contributed by atoms with E-state index in [9.17, 15) is 18.0 Å². The fourth-order valence-corrected chi connectivity index (χ4v) is 3.36. The van der Waals surface area contributed by atoms with E-state index in [-0.39, 0.29) is 11.8 Å². The van der Waals surface area contributed by atoms with Gasteiger partial charge in [0.15, 0.2) is 5.69 Å². The molecule has 0 radical (unpaired) electrons. The Morgan fingerprint density at radius 2 is 2.16 bits per heavy atom. The van der Waals surface area contributed by atoms with Crippen LogP contribution in [0.4, 0.5) is 13.2 Å². The molecule has 0 bridgehead atoms. The van der Waals surface area contributed by atoms with Gasteiger partial charge in [0, 0.05) is 31.7 Å². The summed E-state index contributed by atoms with van der Waals surface area (Å²) in [4.78, 5) is 12.1. The van der Waals surface area contributed by atoms with Crippen LogP contribution < -0.4 is 5.32 Å². The first-order valence-electron chi connectivity index (χ1n) is 7.88. The van der Waals surface area contributed by atoms with Gasteiger partial charge in [-0.05, 0) is 47.9 Å². The van der Waals surface area contributed by atoms with Gasteiger partial charge in [0.2, 0.25) is 0 Å². The van der Waals surface area contributed by atoms with Crippen LogP contribution in [-0.2, 0) is 19.8 Å². The van der Waals surface area contributed by atoms with Crippen molar-refractivity contribution in [3.63, 3.8) is 0 Å². The molecule has 1 N–H and O–H groups in total. The lowest BCUT2D eigenvalue weighted by atomic mass is 10.2. The maximum Gasteiger partial charge on any atom is 0.435 e. The van der Waals surface area contributed by atoms with Crippen molar-refractivity contribution in [1.82, 2.24) is 24.9 Å². The van der Waals surface area contributed by atoms with E-state index in [1.807, 2.05) is 22.6 Å². The zero-order chi connectivity index (χ0) is 18.2. The summed E-state index contributed by atoms with van der Waals surface area (Å²) >= 11 is 2.03. The first-order valence-corrected chi connectivity index (χ1v) is 8.96. The molecule has 0 saturated heterocycles. The molecule has 0 unspecified atom stereocenters. The number of alkyl halides is 3. The highest BCUT2D eigenvalue weighted by Crippen LogP contribution is 2.42. The Bertz CT molecular complexity index is 759. The number of hydrogen-bond donors (Lipinski definition) is 1. The molecule has 0 atom stereocenters. The Labute approximate surface area is 155 Å². The van der Waals surface area contributed by atoms with E-state index in [0.717, 1.165) is 22.5 Å². The van der Waals surface area contributed by atoms with E-state index in [1.54, 1.807) is 13.2 Å². The number of rotatable bonds is 6. The highest BCUT2D eigenvalue weighted by molar-refractivity contribution is 14.1. The van der Waals surface area contributed by atoms with Gasteiger partial charge in [0.25, 0.3) is 5.91 Å². The van der Waals surface area contributed by atoms with Gasteiger partial charge in [-0.1, -0.05) is 0 Å². The predicted molar refractivity (Wildman–Crippen MR) is 92.1 cm³/mol. The Morgan fingerprint density at radius 3 is 2.72 bits per heavy atom. The molecule has 10 heteroatoms. The quantitative estimate of drug-likeness (QED) is 0.525. The van der Waals surface area contributed by atoms with Crippen LogP contribution in [0, 0.1) is 3.57 Å². The second-order valence-corrected chi connectivity index (χ2v) is 7.19. The average Bonchev–Trinajstić information content (AvgIpc) is 3.19. The normalized spacial score (nSPS) is 14.8. The molecule has 1 amide bonds. The van der Waals surface area contributed by atoms with Crippen molar-refractivity contribution >= 4 is 28.5 Å². The van der Waals surface area contributed by atoms with E-state index in [1.165, 1.54) is 9.36 Å². The Balaban J connectivity index is 1.57. The summed E-state index contributed by atoms with van der Waals surface area (Å²) in [5.74, 6) is -0.0718. The summed E-state index contributed by atoms with van der Waals surface area (Å²) < 4.78 is 42.2. The van der Waals surface area contributed by atoms with Crippen LogP contribution in [-0.4, -0.2) is 32.0 Å². The first-order chi connectivity index (χ1) is 11.8. The van der Waals surface area contributed by atoms with Crippen LogP contribution in [0.25, 0.3) is 0 Å². The summed E-state index contributed by atoms with van der Waals surface area (Å²) in [5, 5.41) is 10.5. The number of hydrogen-bond acceptors (Lipinski definition) is 3. The lowest BCUT2D eigenvalue weighted by Gasteiger charge is -2.08. The van der Waals surface area contributed by atoms with E-state index >= 15 is 0 Å². The van der Waals surface area contributed by atoms with E-state index in [0.29, 0.717) is 30.9 Å². The van der Waals surface area contributed by atoms with E-state index in [2.05, 4.69) is 15.5 Å². The van der Waals surface area contributed by atoms with Crippen LogP contribution >= 0.6 is 22.6 Å². The highest BCUT2D eigenvalue weighted by Gasteiger charge is 2.37. The molecule has 2 aromatic rings. The molecule has 1 aliphatic rings. The third kappa shape index (κ3) is 4.15. The fourth-order valence-electron chi connectivity index (χ4n) is 2.64. The lowest BCUT2D eigenvalue weighted by Crippen LogP contribution is -2.28. The molecule has 6 nitrogen and oxygen atoms in total. The van der Waals surface area contributed by atoms with Crippen molar-refractivity contribution in [2.75, 3.05) is 6.54 Å². The number of carbonyl (C=O) groups excluding carboxylic acids is 1. The number of aryl methyl sites for hydroxylation is 2. The van der Waals surface area contributed by atoms with Gasteiger partial charge in [-0.15, -0.1) is 0 Å². The maximum absolute atomic E-state index is 12.9. The number of carbonyl (C=O) groups is 1. The third-order valence-corrected chi connectivity index (χ3v) is 4.83. The molecule has 1 saturated carbocycles. The maximum atomic E-state index is 12.9. The molecule has 1 aliphatic carbocycles. The second-order valence-electron chi connectivity index (χ2n) is 6.02. The SMILES string of the molecule is Cn1ncc(I)c1C(=O)NCCCn1nc(C(F)(F)F)cc1C1CC1. The highest BCUT2D eigenvalue weighted by atomic mass is 127. The van der Waals surface area contributed by atoms with Crippen molar-refractivity contribution in [2.24, 2.45) is 7.05 Å². The molecule has 0 aromatic carbocycles. The van der Waals surface area contributed by atoms with Crippen molar-refractivity contribution in [1.29, 1.82) is 0 Å². The van der Waals surface area contributed by atoms with Crippen molar-refractivity contribution in [3.8, 4) is 0 Å². The number of aromatic nitrogens is 4. The summed E-state index contributed by atoms with van der Waals surface area (Å²) in [7, 11) is 1.68. The molecule has 0 aliphatic heterocycles. The zero-order valence-electron chi connectivity index (χ0n) is 13.5. The van der Waals surface area contributed by atoms with Crippen molar-refractivity contribution in [3.05, 3.63) is 32.9 Å². The van der Waals surface area contributed by atoms with Gasteiger partial charge < -0.3 is 5.32 Å².